The van der Waals surface area contributed by atoms with Crippen LogP contribution in [-0.2, 0) is 0 Å². The molecule has 0 aliphatic carbocycles. The average Bonchev–Trinajstić information content (AvgIpc) is 1.83. The molecule has 1 atom stereocenters. The van der Waals surface area contributed by atoms with Crippen LogP contribution >= 0.6 is 0 Å². The summed E-state index contributed by atoms with van der Waals surface area (Å²) in [5.74, 6) is 0. The topological polar surface area (TPSA) is 0 Å². The van der Waals surface area contributed by atoms with Gasteiger partial charge in [0.15, 0.2) is 0 Å². The molecule has 1 heteroatoms. The van der Waals surface area contributed by atoms with Gasteiger partial charge in [0.05, 0.1) is 0 Å². The van der Waals surface area contributed by atoms with Gasteiger partial charge in [0.25, 0.3) is 0 Å². The van der Waals surface area contributed by atoms with Crippen molar-refractivity contribution in [1.82, 2.24) is 0 Å². The summed E-state index contributed by atoms with van der Waals surface area (Å²) in [4.78, 5) is 0. The van der Waals surface area contributed by atoms with Crippen LogP contribution in [0.4, 0.5) is 0 Å². The van der Waals surface area contributed by atoms with Gasteiger partial charge in [-0.05, 0) is 16.4 Å². The summed E-state index contributed by atoms with van der Waals surface area (Å²) in [5.41, 5.74) is 1.72. The number of hydrogen-bond donors (Lipinski definition) is 0. The van der Waals surface area contributed by atoms with Crippen LogP contribution in [0.2, 0.25) is 12.1 Å². The fourth-order valence-corrected chi connectivity index (χ4v) is 2.17. The van der Waals surface area contributed by atoms with E-state index >= 15 is 0 Å². The van der Waals surface area contributed by atoms with Gasteiger partial charge in [0, 0.05) is 9.52 Å². The Hall–Kier alpha value is 0.217. The van der Waals surface area contributed by atoms with E-state index in [1.54, 1.807) is 0 Å². The molecule has 0 spiro atoms. The monoisotopic (exact) mass is 170 g/mol. The fraction of sp³-hybridized carbons (Fsp3) is 1.00. The standard InChI is InChI=1S/C10H22Si/c1-8(11-7)10(5,6)9(2,3)4/h8H,1-7H3. The highest BCUT2D eigenvalue weighted by Gasteiger charge is 2.36. The third kappa shape index (κ3) is 2.33. The molecule has 0 saturated heterocycles. The second-order valence-corrected chi connectivity index (χ2v) is 6.43. The summed E-state index contributed by atoms with van der Waals surface area (Å²) >= 11 is 0. The molecule has 0 N–H and O–H groups in total. The first kappa shape index (κ1) is 11.2. The van der Waals surface area contributed by atoms with Crippen molar-refractivity contribution >= 4 is 9.52 Å². The number of rotatable bonds is 2. The van der Waals surface area contributed by atoms with E-state index in [-0.39, 0.29) is 0 Å². The highest BCUT2D eigenvalue weighted by atomic mass is 28.2. The lowest BCUT2D eigenvalue weighted by Gasteiger charge is -2.43. The molecule has 0 fully saturated rings. The maximum absolute atomic E-state index is 2.38. The van der Waals surface area contributed by atoms with Crippen LogP contribution in [-0.4, -0.2) is 9.52 Å². The van der Waals surface area contributed by atoms with Crippen molar-refractivity contribution in [3.8, 4) is 0 Å². The Morgan fingerprint density at radius 1 is 1.00 bits per heavy atom. The second-order valence-electron chi connectivity index (χ2n) is 4.98. The molecule has 66 valence electrons. The third-order valence-corrected chi connectivity index (χ3v) is 5.04. The molecule has 0 rings (SSSR count). The predicted octanol–water partition coefficient (Wildman–Crippen LogP) is 3.62. The average molecular weight is 170 g/mol. The molecule has 0 aromatic rings. The SMILES string of the molecule is C[Si]C(C)C(C)(C)C(C)(C)C. The van der Waals surface area contributed by atoms with Gasteiger partial charge < -0.3 is 0 Å². The minimum atomic E-state index is 0.426. The van der Waals surface area contributed by atoms with Crippen LogP contribution in [0.1, 0.15) is 41.5 Å². The quantitative estimate of drug-likeness (QED) is 0.555. The van der Waals surface area contributed by atoms with E-state index in [9.17, 15) is 0 Å². The predicted molar refractivity (Wildman–Crippen MR) is 54.3 cm³/mol. The molecule has 0 amide bonds. The lowest BCUT2D eigenvalue weighted by molar-refractivity contribution is 0.126. The Balaban J connectivity index is 4.45. The van der Waals surface area contributed by atoms with E-state index in [1.165, 1.54) is 0 Å². The maximum Gasteiger partial charge on any atom is 0.0381 e. The smallest absolute Gasteiger partial charge is 0.0381 e. The summed E-state index contributed by atoms with van der Waals surface area (Å²) in [5, 5.41) is 0. The second kappa shape index (κ2) is 3.30. The van der Waals surface area contributed by atoms with E-state index in [1.807, 2.05) is 0 Å². The largest absolute Gasteiger partial charge is 0.0731 e. The van der Waals surface area contributed by atoms with Crippen molar-refractivity contribution < 1.29 is 0 Å². The highest BCUT2D eigenvalue weighted by molar-refractivity contribution is 6.35. The van der Waals surface area contributed by atoms with Gasteiger partial charge in [-0.3, -0.25) is 0 Å². The van der Waals surface area contributed by atoms with Gasteiger partial charge in [0.1, 0.15) is 0 Å². The van der Waals surface area contributed by atoms with Gasteiger partial charge in [0.2, 0.25) is 0 Å². The van der Waals surface area contributed by atoms with E-state index < -0.39 is 0 Å². The van der Waals surface area contributed by atoms with Crippen molar-refractivity contribution in [2.45, 2.75) is 53.6 Å². The molecule has 0 saturated carbocycles. The molecular formula is C10H22Si. The molecule has 0 aliphatic rings. The molecular weight excluding hydrogens is 148 g/mol. The minimum Gasteiger partial charge on any atom is -0.0731 e. The summed E-state index contributed by atoms with van der Waals surface area (Å²) in [6, 6.07) is 0. The molecule has 0 nitrogen and oxygen atoms in total. The van der Waals surface area contributed by atoms with Crippen LogP contribution in [0.3, 0.4) is 0 Å². The zero-order valence-corrected chi connectivity index (χ0v) is 10.1. The minimum absolute atomic E-state index is 0.426. The van der Waals surface area contributed by atoms with Gasteiger partial charge in [-0.15, -0.1) is 0 Å². The van der Waals surface area contributed by atoms with Crippen molar-refractivity contribution in [1.29, 1.82) is 0 Å². The van der Waals surface area contributed by atoms with Crippen LogP contribution in [0, 0.1) is 10.8 Å². The first-order chi connectivity index (χ1) is 4.73. The van der Waals surface area contributed by atoms with E-state index in [2.05, 4.69) is 48.1 Å². The molecule has 0 bridgehead atoms. The van der Waals surface area contributed by atoms with Gasteiger partial charge >= 0.3 is 0 Å². The van der Waals surface area contributed by atoms with Crippen LogP contribution in [0.5, 0.6) is 0 Å². The Kier molecular flexibility index (Phi) is 3.37. The molecule has 0 aliphatic heterocycles. The number of hydrogen-bond acceptors (Lipinski definition) is 0. The van der Waals surface area contributed by atoms with Gasteiger partial charge in [-0.2, -0.15) is 0 Å². The molecule has 0 heterocycles. The lowest BCUT2D eigenvalue weighted by Crippen LogP contribution is -2.34. The Bertz CT molecular complexity index is 119. The lowest BCUT2D eigenvalue weighted by atomic mass is 9.67. The first-order valence-electron chi connectivity index (χ1n) is 4.40. The Labute approximate surface area is 74.6 Å². The zero-order chi connectivity index (χ0) is 9.28. The highest BCUT2D eigenvalue weighted by Crippen LogP contribution is 2.46. The van der Waals surface area contributed by atoms with E-state index in [0.29, 0.717) is 10.8 Å². The summed E-state index contributed by atoms with van der Waals surface area (Å²) < 4.78 is 0. The van der Waals surface area contributed by atoms with E-state index in [4.69, 9.17) is 0 Å². The van der Waals surface area contributed by atoms with E-state index in [0.717, 1.165) is 15.1 Å². The molecule has 11 heavy (non-hydrogen) atoms. The Morgan fingerprint density at radius 2 is 1.36 bits per heavy atom. The maximum atomic E-state index is 2.38. The third-order valence-electron chi connectivity index (χ3n) is 3.45. The summed E-state index contributed by atoms with van der Waals surface area (Å²) in [6.45, 7) is 16.4. The van der Waals surface area contributed by atoms with Crippen LogP contribution < -0.4 is 0 Å². The molecule has 2 radical (unpaired) electrons. The van der Waals surface area contributed by atoms with Gasteiger partial charge in [-0.25, -0.2) is 0 Å². The molecule has 0 aromatic carbocycles. The summed E-state index contributed by atoms with van der Waals surface area (Å²) in [7, 11) is 1.06. The normalized spacial score (nSPS) is 16.6. The Morgan fingerprint density at radius 3 is 1.45 bits per heavy atom. The van der Waals surface area contributed by atoms with Crippen molar-refractivity contribution in [2.75, 3.05) is 0 Å². The van der Waals surface area contributed by atoms with Crippen LogP contribution in [0.15, 0.2) is 0 Å². The molecule has 0 aromatic heterocycles. The first-order valence-corrected chi connectivity index (χ1v) is 5.98. The van der Waals surface area contributed by atoms with Crippen LogP contribution in [0.25, 0.3) is 0 Å². The van der Waals surface area contributed by atoms with Crippen molar-refractivity contribution in [2.24, 2.45) is 10.8 Å². The fourth-order valence-electron chi connectivity index (χ4n) is 1.01. The van der Waals surface area contributed by atoms with Crippen molar-refractivity contribution in [3.05, 3.63) is 0 Å². The molecule has 1 unspecified atom stereocenters. The van der Waals surface area contributed by atoms with Crippen molar-refractivity contribution in [3.63, 3.8) is 0 Å². The zero-order valence-electron chi connectivity index (χ0n) is 9.08. The summed E-state index contributed by atoms with van der Waals surface area (Å²) in [6.07, 6.45) is 0. The van der Waals surface area contributed by atoms with Gasteiger partial charge in [-0.1, -0.05) is 48.1 Å².